The molecule has 12 nitrogen and oxygen atoms in total. The van der Waals surface area contributed by atoms with Gasteiger partial charge in [0.2, 0.25) is 11.9 Å². The number of aromatic nitrogens is 3. The molecule has 4 rings (SSSR count). The van der Waals surface area contributed by atoms with E-state index < -0.39 is 47.5 Å². The van der Waals surface area contributed by atoms with Gasteiger partial charge in [-0.2, -0.15) is 28.1 Å². The summed E-state index contributed by atoms with van der Waals surface area (Å²) in [5.41, 5.74) is 5.44. The quantitative estimate of drug-likeness (QED) is 0.186. The van der Waals surface area contributed by atoms with Crippen molar-refractivity contribution in [3.05, 3.63) is 64.7 Å². The maximum atomic E-state index is 12.8. The molecule has 0 saturated heterocycles. The third kappa shape index (κ3) is 9.17. The van der Waals surface area contributed by atoms with Crippen LogP contribution in [0.25, 0.3) is 0 Å². The highest BCUT2D eigenvalue weighted by molar-refractivity contribution is 6.34. The Morgan fingerprint density at radius 3 is 2.25 bits per heavy atom. The van der Waals surface area contributed by atoms with Crippen LogP contribution in [0.5, 0.6) is 6.01 Å². The number of hydrogen-bond acceptors (Lipinski definition) is 9. The Kier molecular flexibility index (Phi) is 9.47. The summed E-state index contributed by atoms with van der Waals surface area (Å²) in [5.74, 6) is -2.49. The first-order chi connectivity index (χ1) is 20.6. The summed E-state index contributed by atoms with van der Waals surface area (Å²) in [6.07, 6.45) is -3.15. The van der Waals surface area contributed by atoms with Gasteiger partial charge in [0.1, 0.15) is 0 Å². The predicted molar refractivity (Wildman–Crippen MR) is 155 cm³/mol. The fourth-order valence-electron chi connectivity index (χ4n) is 4.02. The van der Waals surface area contributed by atoms with Crippen molar-refractivity contribution in [2.24, 2.45) is 11.1 Å². The summed E-state index contributed by atoms with van der Waals surface area (Å²) in [6.45, 7) is 2.27. The lowest BCUT2D eigenvalue weighted by atomic mass is 9.93. The van der Waals surface area contributed by atoms with Gasteiger partial charge >= 0.3 is 24.0 Å². The van der Waals surface area contributed by atoms with Gasteiger partial charge in [0.05, 0.1) is 5.54 Å². The minimum atomic E-state index is -4.60. The van der Waals surface area contributed by atoms with Gasteiger partial charge in [0.25, 0.3) is 5.91 Å². The van der Waals surface area contributed by atoms with E-state index in [4.69, 9.17) is 22.1 Å². The highest BCUT2D eigenvalue weighted by Crippen LogP contribution is 2.48. The zero-order valence-electron chi connectivity index (χ0n) is 23.7. The first-order valence-corrected chi connectivity index (χ1v) is 13.7. The Labute approximate surface area is 255 Å². The summed E-state index contributed by atoms with van der Waals surface area (Å²) < 4.78 is 43.3. The van der Waals surface area contributed by atoms with E-state index in [1.54, 1.807) is 44.2 Å². The van der Waals surface area contributed by atoms with Crippen LogP contribution in [0.4, 0.5) is 30.8 Å². The van der Waals surface area contributed by atoms with Crippen LogP contribution in [-0.4, -0.2) is 58.5 Å². The van der Waals surface area contributed by atoms with Gasteiger partial charge in [-0.25, -0.2) is 0 Å². The number of primary amides is 1. The molecule has 3 amide bonds. The summed E-state index contributed by atoms with van der Waals surface area (Å²) in [7, 11) is 0. The minimum absolute atomic E-state index is 0.00258. The predicted octanol–water partition coefficient (Wildman–Crippen LogP) is 3.67. The Hall–Kier alpha value is -4.66. The van der Waals surface area contributed by atoms with Gasteiger partial charge in [-0.05, 0) is 60.2 Å². The first kappa shape index (κ1) is 32.3. The molecule has 0 atom stereocenters. The molecule has 3 aromatic rings. The molecule has 234 valence electrons. The number of hydrogen-bond donors (Lipinski definition) is 5. The van der Waals surface area contributed by atoms with Gasteiger partial charge in [0.15, 0.2) is 6.61 Å². The van der Waals surface area contributed by atoms with Crippen LogP contribution in [0.15, 0.2) is 48.5 Å². The largest absolute Gasteiger partial charge is 0.454 e. The molecule has 16 heteroatoms. The van der Waals surface area contributed by atoms with Crippen molar-refractivity contribution >= 4 is 46.9 Å². The number of carbonyl (C=O) groups is 3. The van der Waals surface area contributed by atoms with Crippen LogP contribution in [0.1, 0.15) is 42.6 Å². The number of rotatable bonds is 12. The molecule has 6 N–H and O–H groups in total. The van der Waals surface area contributed by atoms with Crippen molar-refractivity contribution in [3.63, 3.8) is 0 Å². The first-order valence-electron chi connectivity index (χ1n) is 13.4. The van der Waals surface area contributed by atoms with Gasteiger partial charge in [-0.15, -0.1) is 0 Å². The Morgan fingerprint density at radius 1 is 0.977 bits per heavy atom. The number of anilines is 3. The number of nitrogens with one attached hydrogen (secondary N) is 4. The maximum Gasteiger partial charge on any atom is 0.422 e. The van der Waals surface area contributed by atoms with E-state index in [9.17, 15) is 27.6 Å². The molecule has 44 heavy (non-hydrogen) atoms. The lowest BCUT2D eigenvalue weighted by molar-refractivity contribution is -0.154. The number of carbonyl (C=O) groups excluding carboxylic acids is 3. The van der Waals surface area contributed by atoms with E-state index in [-0.39, 0.29) is 25.0 Å². The summed E-state index contributed by atoms with van der Waals surface area (Å²) in [5, 5.41) is 11.8. The summed E-state index contributed by atoms with van der Waals surface area (Å²) in [6, 6.07) is 12.9. The molecular weight excluding hydrogens is 605 g/mol. The molecule has 1 aromatic heterocycles. The second-order valence-electron chi connectivity index (χ2n) is 11.0. The molecule has 0 spiro atoms. The molecule has 1 saturated carbocycles. The highest BCUT2D eigenvalue weighted by atomic mass is 35.5. The zero-order chi connectivity index (χ0) is 32.1. The molecule has 0 bridgehead atoms. The molecule has 1 aliphatic rings. The number of nitrogens with two attached hydrogens (primary N) is 1. The number of ether oxygens (including phenoxy) is 1. The normalized spacial score (nSPS) is 13.9. The second-order valence-corrected chi connectivity index (χ2v) is 11.4. The van der Waals surface area contributed by atoms with Crippen LogP contribution in [-0.2, 0) is 15.1 Å². The maximum absolute atomic E-state index is 12.8. The third-order valence-electron chi connectivity index (χ3n) is 6.54. The van der Waals surface area contributed by atoms with Gasteiger partial charge < -0.3 is 31.7 Å². The SMILES string of the molecule is CC(C)(CNC(=O)C(N)=O)CNC(=O)c1ccc(Nc2nc(NC3(c4cccc(Cl)c4)CC3)nc(OCC(F)(F)F)n2)cc1. The molecule has 1 heterocycles. The lowest BCUT2D eigenvalue weighted by Gasteiger charge is -2.25. The molecule has 2 aromatic carbocycles. The monoisotopic (exact) mass is 634 g/mol. The molecule has 0 radical (unpaired) electrons. The summed E-state index contributed by atoms with van der Waals surface area (Å²) in [4.78, 5) is 47.3. The van der Waals surface area contributed by atoms with Crippen molar-refractivity contribution in [2.75, 3.05) is 30.3 Å². The van der Waals surface area contributed by atoms with Crippen molar-refractivity contribution in [3.8, 4) is 6.01 Å². The second kappa shape index (κ2) is 12.9. The van der Waals surface area contributed by atoms with Crippen LogP contribution < -0.4 is 31.7 Å². The van der Waals surface area contributed by atoms with Crippen LogP contribution in [0.2, 0.25) is 5.02 Å². The number of alkyl halides is 3. The molecule has 1 fully saturated rings. The van der Waals surface area contributed by atoms with Gasteiger partial charge in [-0.3, -0.25) is 14.4 Å². The number of benzene rings is 2. The molecule has 1 aliphatic carbocycles. The van der Waals surface area contributed by atoms with Crippen molar-refractivity contribution in [2.45, 2.75) is 38.4 Å². The van der Waals surface area contributed by atoms with Gasteiger partial charge in [-0.1, -0.05) is 37.6 Å². The summed E-state index contributed by atoms with van der Waals surface area (Å²) >= 11 is 6.15. The average molecular weight is 635 g/mol. The Balaban J connectivity index is 1.44. The van der Waals surface area contributed by atoms with E-state index >= 15 is 0 Å². The smallest absolute Gasteiger partial charge is 0.422 e. The Bertz CT molecular complexity index is 1530. The fraction of sp³-hybridized carbons (Fsp3) is 0.357. The van der Waals surface area contributed by atoms with E-state index in [2.05, 4.69) is 36.2 Å². The standard InChI is InChI=1S/C28H30ClF3N8O4/c1-26(2,14-35-22(43)20(33)41)13-34-21(42)16-6-8-19(9-7-16)36-23-37-24(39-25(38-23)44-15-28(30,31)32)40-27(10-11-27)17-4-3-5-18(29)12-17/h3-9,12H,10-11,13-15H2,1-2H3,(H2,33,41)(H,34,42)(H,35,43)(H2,36,37,38,39,40). The van der Waals surface area contributed by atoms with E-state index in [1.165, 1.54) is 12.1 Å². The van der Waals surface area contributed by atoms with Crippen LogP contribution >= 0.6 is 11.6 Å². The Morgan fingerprint density at radius 2 is 1.64 bits per heavy atom. The zero-order valence-corrected chi connectivity index (χ0v) is 24.5. The van der Waals surface area contributed by atoms with E-state index in [0.717, 1.165) is 18.4 Å². The van der Waals surface area contributed by atoms with Crippen molar-refractivity contribution < 1.29 is 32.3 Å². The van der Waals surface area contributed by atoms with Crippen LogP contribution in [0.3, 0.4) is 0 Å². The molecule has 0 unspecified atom stereocenters. The average Bonchev–Trinajstić information content (AvgIpc) is 3.74. The van der Waals surface area contributed by atoms with E-state index in [1.807, 2.05) is 6.07 Å². The van der Waals surface area contributed by atoms with Gasteiger partial charge in [0, 0.05) is 29.4 Å². The molecule has 0 aliphatic heterocycles. The lowest BCUT2D eigenvalue weighted by Crippen LogP contribution is -2.45. The fourth-order valence-corrected chi connectivity index (χ4v) is 4.21. The third-order valence-corrected chi connectivity index (χ3v) is 6.78. The molecular formula is C28H30ClF3N8O4. The number of amides is 3. The number of halogens is 4. The van der Waals surface area contributed by atoms with E-state index in [0.29, 0.717) is 16.3 Å². The topological polar surface area (TPSA) is 173 Å². The van der Waals surface area contributed by atoms with Crippen molar-refractivity contribution in [1.29, 1.82) is 0 Å². The minimum Gasteiger partial charge on any atom is -0.454 e. The van der Waals surface area contributed by atoms with Crippen molar-refractivity contribution in [1.82, 2.24) is 25.6 Å². The van der Waals surface area contributed by atoms with Crippen LogP contribution in [0, 0.1) is 5.41 Å². The highest BCUT2D eigenvalue weighted by Gasteiger charge is 2.45. The number of nitrogens with zero attached hydrogens (tertiary/aromatic N) is 3.